The third-order valence-corrected chi connectivity index (χ3v) is 5.04. The Labute approximate surface area is 151 Å². The van der Waals surface area contributed by atoms with Gasteiger partial charge in [-0.3, -0.25) is 14.5 Å². The van der Waals surface area contributed by atoms with Crippen molar-refractivity contribution in [3.63, 3.8) is 0 Å². The SMILES string of the molecule is O=C(C1=C(O)C(=O)N(c2ccc(F)cc2)C1c1cccs1)c1ccco1. The lowest BCUT2D eigenvalue weighted by Crippen LogP contribution is -2.30. The molecule has 0 saturated carbocycles. The Morgan fingerprint density at radius 3 is 2.54 bits per heavy atom. The van der Waals surface area contributed by atoms with Gasteiger partial charge in [0, 0.05) is 10.6 Å². The number of aliphatic hydroxyl groups is 1. The number of anilines is 1. The van der Waals surface area contributed by atoms with Crippen LogP contribution in [-0.2, 0) is 4.79 Å². The van der Waals surface area contributed by atoms with Gasteiger partial charge < -0.3 is 9.52 Å². The summed E-state index contributed by atoms with van der Waals surface area (Å²) in [6.45, 7) is 0. The number of carbonyl (C=O) groups is 2. The van der Waals surface area contributed by atoms with Crippen LogP contribution in [0.2, 0.25) is 0 Å². The minimum absolute atomic E-state index is 0.0295. The fourth-order valence-corrected chi connectivity index (χ4v) is 3.79. The molecule has 0 spiro atoms. The predicted octanol–water partition coefficient (Wildman–Crippen LogP) is 4.26. The number of thiophene rings is 1. The van der Waals surface area contributed by atoms with Gasteiger partial charge in [-0.25, -0.2) is 4.39 Å². The van der Waals surface area contributed by atoms with Crippen molar-refractivity contribution in [3.8, 4) is 0 Å². The van der Waals surface area contributed by atoms with E-state index in [-0.39, 0.29) is 11.3 Å². The molecule has 2 aromatic heterocycles. The van der Waals surface area contributed by atoms with Crippen molar-refractivity contribution < 1.29 is 23.5 Å². The van der Waals surface area contributed by atoms with E-state index >= 15 is 0 Å². The molecule has 130 valence electrons. The molecule has 4 rings (SSSR count). The van der Waals surface area contributed by atoms with Gasteiger partial charge in [-0.15, -0.1) is 11.3 Å². The normalized spacial score (nSPS) is 17.2. The van der Waals surface area contributed by atoms with Crippen LogP contribution in [0.5, 0.6) is 0 Å². The second-order valence-corrected chi connectivity index (χ2v) is 6.62. The highest BCUT2D eigenvalue weighted by molar-refractivity contribution is 7.10. The highest BCUT2D eigenvalue weighted by atomic mass is 32.1. The number of nitrogens with zero attached hydrogens (tertiary/aromatic N) is 1. The Kier molecular flexibility index (Phi) is 3.93. The highest BCUT2D eigenvalue weighted by Crippen LogP contribution is 2.43. The number of benzene rings is 1. The molecule has 0 bridgehead atoms. The Bertz CT molecular complexity index is 991. The largest absolute Gasteiger partial charge is 0.503 e. The Hall–Kier alpha value is -3.19. The topological polar surface area (TPSA) is 70.8 Å². The molecule has 1 aromatic carbocycles. The van der Waals surface area contributed by atoms with Crippen molar-refractivity contribution in [1.82, 2.24) is 0 Å². The number of hydrogen-bond donors (Lipinski definition) is 1. The van der Waals surface area contributed by atoms with Gasteiger partial charge >= 0.3 is 0 Å². The van der Waals surface area contributed by atoms with Gasteiger partial charge in [0.2, 0.25) is 5.78 Å². The summed E-state index contributed by atoms with van der Waals surface area (Å²) in [7, 11) is 0. The molecule has 0 fully saturated rings. The van der Waals surface area contributed by atoms with Crippen LogP contribution in [-0.4, -0.2) is 16.8 Å². The maximum atomic E-state index is 13.3. The van der Waals surface area contributed by atoms with E-state index < -0.39 is 29.3 Å². The van der Waals surface area contributed by atoms with E-state index in [1.54, 1.807) is 18.2 Å². The first-order valence-electron chi connectivity index (χ1n) is 7.72. The molecule has 0 aliphatic carbocycles. The molecule has 7 heteroatoms. The van der Waals surface area contributed by atoms with E-state index in [0.29, 0.717) is 10.6 Å². The summed E-state index contributed by atoms with van der Waals surface area (Å²) in [5.41, 5.74) is 0.320. The molecule has 1 N–H and O–H groups in total. The van der Waals surface area contributed by atoms with E-state index in [4.69, 9.17) is 4.42 Å². The van der Waals surface area contributed by atoms with Gasteiger partial charge in [0.25, 0.3) is 5.91 Å². The summed E-state index contributed by atoms with van der Waals surface area (Å²) in [6, 6.07) is 11.1. The molecule has 1 atom stereocenters. The van der Waals surface area contributed by atoms with Crippen molar-refractivity contribution in [3.05, 3.63) is 88.0 Å². The predicted molar refractivity (Wildman–Crippen MR) is 93.6 cm³/mol. The quantitative estimate of drug-likeness (QED) is 0.698. The molecule has 1 aliphatic rings. The lowest BCUT2D eigenvalue weighted by molar-refractivity contribution is -0.117. The number of rotatable bonds is 4. The summed E-state index contributed by atoms with van der Waals surface area (Å²) in [6.07, 6.45) is 1.35. The van der Waals surface area contributed by atoms with Crippen LogP contribution in [0.25, 0.3) is 0 Å². The van der Waals surface area contributed by atoms with Gasteiger partial charge in [0.1, 0.15) is 11.9 Å². The van der Waals surface area contributed by atoms with Crippen LogP contribution in [0.1, 0.15) is 21.5 Å². The maximum Gasteiger partial charge on any atom is 0.294 e. The van der Waals surface area contributed by atoms with Crippen molar-refractivity contribution >= 4 is 28.7 Å². The van der Waals surface area contributed by atoms with Gasteiger partial charge in [0.05, 0.1) is 11.8 Å². The Morgan fingerprint density at radius 2 is 1.92 bits per heavy atom. The highest BCUT2D eigenvalue weighted by Gasteiger charge is 2.45. The van der Waals surface area contributed by atoms with Crippen molar-refractivity contribution in [2.24, 2.45) is 0 Å². The van der Waals surface area contributed by atoms with E-state index in [0.717, 1.165) is 0 Å². The first kappa shape index (κ1) is 16.3. The van der Waals surface area contributed by atoms with Crippen LogP contribution < -0.4 is 4.90 Å². The van der Waals surface area contributed by atoms with E-state index in [1.165, 1.54) is 52.8 Å². The molecular formula is C19H12FNO4S. The molecule has 5 nitrogen and oxygen atoms in total. The Balaban J connectivity index is 1.86. The maximum absolute atomic E-state index is 13.3. The lowest BCUT2D eigenvalue weighted by Gasteiger charge is -2.25. The van der Waals surface area contributed by atoms with Crippen LogP contribution in [0.15, 0.2) is 75.9 Å². The first-order valence-corrected chi connectivity index (χ1v) is 8.59. The fourth-order valence-electron chi connectivity index (χ4n) is 2.96. The zero-order chi connectivity index (χ0) is 18.3. The number of hydrogen-bond acceptors (Lipinski definition) is 5. The number of halogens is 1. The minimum Gasteiger partial charge on any atom is -0.503 e. The summed E-state index contributed by atoms with van der Waals surface area (Å²) >= 11 is 1.35. The molecule has 3 heterocycles. The number of amides is 1. The summed E-state index contributed by atoms with van der Waals surface area (Å²) < 4.78 is 18.4. The average Bonchev–Trinajstić information content (AvgIpc) is 3.38. The van der Waals surface area contributed by atoms with E-state index in [2.05, 4.69) is 0 Å². The number of ketones is 1. The lowest BCUT2D eigenvalue weighted by atomic mass is 10.00. The summed E-state index contributed by atoms with van der Waals surface area (Å²) in [5.74, 6) is -2.33. The van der Waals surface area contributed by atoms with Crippen LogP contribution in [0.4, 0.5) is 10.1 Å². The van der Waals surface area contributed by atoms with Gasteiger partial charge in [0.15, 0.2) is 11.5 Å². The smallest absolute Gasteiger partial charge is 0.294 e. The average molecular weight is 369 g/mol. The van der Waals surface area contributed by atoms with Crippen molar-refractivity contribution in [2.75, 3.05) is 4.90 Å². The second kappa shape index (κ2) is 6.27. The van der Waals surface area contributed by atoms with E-state index in [9.17, 15) is 19.1 Å². The van der Waals surface area contributed by atoms with Gasteiger partial charge in [-0.1, -0.05) is 6.07 Å². The zero-order valence-corrected chi connectivity index (χ0v) is 14.1. The van der Waals surface area contributed by atoms with Gasteiger partial charge in [-0.05, 0) is 47.8 Å². The summed E-state index contributed by atoms with van der Waals surface area (Å²) in [4.78, 5) is 27.6. The number of Topliss-reactive ketones (excluding diaryl/α,β-unsaturated/α-hetero) is 1. The standard InChI is InChI=1S/C19H12FNO4S/c20-11-5-7-12(8-6-11)21-16(14-4-2-10-26-14)15(18(23)19(21)24)17(22)13-3-1-9-25-13/h1-10,16,23H. The Morgan fingerprint density at radius 1 is 1.15 bits per heavy atom. The zero-order valence-electron chi connectivity index (χ0n) is 13.3. The van der Waals surface area contributed by atoms with Crippen molar-refractivity contribution in [2.45, 2.75) is 6.04 Å². The molecule has 3 aromatic rings. The summed E-state index contributed by atoms with van der Waals surface area (Å²) in [5, 5.41) is 12.3. The van der Waals surface area contributed by atoms with Crippen molar-refractivity contribution in [1.29, 1.82) is 0 Å². The number of carbonyl (C=O) groups excluding carboxylic acids is 2. The van der Waals surface area contributed by atoms with Crippen LogP contribution >= 0.6 is 11.3 Å². The van der Waals surface area contributed by atoms with Crippen LogP contribution in [0.3, 0.4) is 0 Å². The fraction of sp³-hybridized carbons (Fsp3) is 0.0526. The number of aliphatic hydroxyl groups excluding tert-OH is 1. The molecule has 26 heavy (non-hydrogen) atoms. The van der Waals surface area contributed by atoms with Gasteiger partial charge in [-0.2, -0.15) is 0 Å². The van der Waals surface area contributed by atoms with Crippen LogP contribution in [0, 0.1) is 5.82 Å². The molecule has 0 saturated heterocycles. The number of furan rings is 1. The molecule has 0 radical (unpaired) electrons. The molecular weight excluding hydrogens is 357 g/mol. The third-order valence-electron chi connectivity index (χ3n) is 4.12. The third kappa shape index (κ3) is 2.53. The van der Waals surface area contributed by atoms with E-state index in [1.807, 2.05) is 5.38 Å². The first-order chi connectivity index (χ1) is 12.6. The minimum atomic E-state index is -0.814. The monoisotopic (exact) mass is 369 g/mol. The molecule has 1 unspecified atom stereocenters. The molecule has 1 aliphatic heterocycles. The second-order valence-electron chi connectivity index (χ2n) is 5.64. The molecule has 1 amide bonds.